The molecule has 0 spiro atoms. The highest BCUT2D eigenvalue weighted by Crippen LogP contribution is 2.40. The highest BCUT2D eigenvalue weighted by atomic mass is 79.9. The molecular weight excluding hydrogens is 550 g/mol. The Kier molecular flexibility index (Phi) is 8.21. The molecule has 4 rings (SSSR count). The van der Waals surface area contributed by atoms with Gasteiger partial charge < -0.3 is 9.47 Å². The summed E-state index contributed by atoms with van der Waals surface area (Å²) >= 11 is 10.7. The van der Waals surface area contributed by atoms with Crippen molar-refractivity contribution >= 4 is 56.5 Å². The van der Waals surface area contributed by atoms with Crippen LogP contribution in [0.4, 0.5) is 4.79 Å². The zero-order valence-electron chi connectivity index (χ0n) is 19.2. The van der Waals surface area contributed by atoms with Crippen LogP contribution in [0.15, 0.2) is 70.0 Å². The van der Waals surface area contributed by atoms with Crippen molar-refractivity contribution < 1.29 is 19.1 Å². The molecule has 0 aliphatic carbocycles. The Morgan fingerprint density at radius 1 is 1.06 bits per heavy atom. The molecule has 2 amide bonds. The van der Waals surface area contributed by atoms with Gasteiger partial charge in [-0.1, -0.05) is 59.6 Å². The van der Waals surface area contributed by atoms with Crippen molar-refractivity contribution in [2.45, 2.75) is 27.0 Å². The van der Waals surface area contributed by atoms with Gasteiger partial charge in [-0.15, -0.1) is 0 Å². The molecule has 0 atom stereocenters. The molecule has 3 aromatic carbocycles. The van der Waals surface area contributed by atoms with E-state index in [4.69, 9.17) is 21.1 Å². The molecule has 35 heavy (non-hydrogen) atoms. The highest BCUT2D eigenvalue weighted by Gasteiger charge is 2.35. The minimum absolute atomic E-state index is 0.242. The molecule has 5 nitrogen and oxygen atoms in total. The molecular formula is C27H23BrClNO4S. The molecule has 1 saturated heterocycles. The van der Waals surface area contributed by atoms with E-state index >= 15 is 0 Å². The molecule has 180 valence electrons. The summed E-state index contributed by atoms with van der Waals surface area (Å²) in [6.07, 6.45) is 1.70. The average molecular weight is 573 g/mol. The molecule has 8 heteroatoms. The number of rotatable bonds is 8. The van der Waals surface area contributed by atoms with Crippen LogP contribution in [0.3, 0.4) is 0 Å². The zero-order valence-corrected chi connectivity index (χ0v) is 22.4. The molecule has 1 fully saturated rings. The first-order valence-corrected chi connectivity index (χ1v) is 13.0. The molecule has 0 saturated carbocycles. The summed E-state index contributed by atoms with van der Waals surface area (Å²) in [5.41, 5.74) is 3.56. The van der Waals surface area contributed by atoms with Gasteiger partial charge in [0.05, 0.1) is 22.5 Å². The summed E-state index contributed by atoms with van der Waals surface area (Å²) in [5, 5.41) is 0.339. The molecule has 0 radical (unpaired) electrons. The third-order valence-corrected chi connectivity index (χ3v) is 7.12. The number of thioether (sulfide) groups is 1. The largest absolute Gasteiger partial charge is 0.490 e. The molecule has 1 aliphatic heterocycles. The summed E-state index contributed by atoms with van der Waals surface area (Å²) in [5.74, 6) is 0.755. The van der Waals surface area contributed by atoms with Crippen LogP contribution in [0.2, 0.25) is 5.02 Å². The smallest absolute Gasteiger partial charge is 0.293 e. The van der Waals surface area contributed by atoms with E-state index < -0.39 is 0 Å². The van der Waals surface area contributed by atoms with Crippen LogP contribution in [0.5, 0.6) is 11.5 Å². The summed E-state index contributed by atoms with van der Waals surface area (Å²) in [6, 6.07) is 18.9. The second kappa shape index (κ2) is 11.3. The Morgan fingerprint density at radius 3 is 2.60 bits per heavy atom. The van der Waals surface area contributed by atoms with Crippen LogP contribution < -0.4 is 9.47 Å². The second-order valence-electron chi connectivity index (χ2n) is 7.90. The van der Waals surface area contributed by atoms with Crippen LogP contribution in [-0.2, 0) is 17.9 Å². The van der Waals surface area contributed by atoms with E-state index in [1.165, 1.54) is 4.90 Å². The summed E-state index contributed by atoms with van der Waals surface area (Å²) in [7, 11) is 0. The van der Waals surface area contributed by atoms with Gasteiger partial charge >= 0.3 is 0 Å². The van der Waals surface area contributed by atoms with E-state index in [2.05, 4.69) is 15.9 Å². The van der Waals surface area contributed by atoms with Crippen LogP contribution >= 0.6 is 39.3 Å². The predicted molar refractivity (Wildman–Crippen MR) is 144 cm³/mol. The van der Waals surface area contributed by atoms with Crippen LogP contribution in [0.1, 0.15) is 29.2 Å². The third kappa shape index (κ3) is 6.10. The lowest BCUT2D eigenvalue weighted by atomic mass is 10.1. The SMILES string of the molecule is CCOc1cc(/C=C2/SC(=O)N(Cc3cccc(C)c3)C2=O)cc(Br)c1OCc1ccccc1Cl. The molecule has 0 aromatic heterocycles. The maximum atomic E-state index is 13.0. The molecule has 3 aromatic rings. The van der Waals surface area contributed by atoms with Gasteiger partial charge in [-0.3, -0.25) is 14.5 Å². The number of halogens is 2. The number of benzene rings is 3. The van der Waals surface area contributed by atoms with Gasteiger partial charge in [0.1, 0.15) is 6.61 Å². The Labute approximate surface area is 222 Å². The van der Waals surface area contributed by atoms with E-state index in [0.717, 1.165) is 28.5 Å². The Bertz CT molecular complexity index is 1310. The lowest BCUT2D eigenvalue weighted by Gasteiger charge is -2.15. The number of aryl methyl sites for hydroxylation is 1. The quantitative estimate of drug-likeness (QED) is 0.260. The van der Waals surface area contributed by atoms with Gasteiger partial charge in [-0.2, -0.15) is 0 Å². The Morgan fingerprint density at radius 2 is 1.86 bits per heavy atom. The van der Waals surface area contributed by atoms with Gasteiger partial charge in [-0.25, -0.2) is 0 Å². The van der Waals surface area contributed by atoms with Crippen molar-refractivity contribution in [3.8, 4) is 11.5 Å². The number of hydrogen-bond acceptors (Lipinski definition) is 5. The van der Waals surface area contributed by atoms with E-state index in [-0.39, 0.29) is 24.3 Å². The van der Waals surface area contributed by atoms with Gasteiger partial charge in [0.25, 0.3) is 11.1 Å². The van der Waals surface area contributed by atoms with Crippen molar-refractivity contribution in [2.75, 3.05) is 6.61 Å². The fourth-order valence-electron chi connectivity index (χ4n) is 3.62. The lowest BCUT2D eigenvalue weighted by Crippen LogP contribution is -2.27. The second-order valence-corrected chi connectivity index (χ2v) is 10.2. The average Bonchev–Trinajstić information content (AvgIpc) is 3.07. The summed E-state index contributed by atoms with van der Waals surface area (Å²) in [6.45, 7) is 4.81. The first kappa shape index (κ1) is 25.4. The standard InChI is InChI=1S/C27H23BrClNO4S/c1-3-33-23-13-19(12-21(28)25(23)34-16-20-9-4-5-10-22(20)29)14-24-26(31)30(27(32)35-24)15-18-8-6-7-17(2)11-18/h4-14H,3,15-16H2,1-2H3/b24-14+. The fourth-order valence-corrected chi connectivity index (χ4v) is 5.22. The van der Waals surface area contributed by atoms with E-state index in [9.17, 15) is 9.59 Å². The molecule has 1 aliphatic rings. The maximum absolute atomic E-state index is 13.0. The van der Waals surface area contributed by atoms with Crippen molar-refractivity contribution in [1.29, 1.82) is 0 Å². The number of nitrogens with zero attached hydrogens (tertiary/aromatic N) is 1. The highest BCUT2D eigenvalue weighted by molar-refractivity contribution is 9.10. The fraction of sp³-hybridized carbons (Fsp3) is 0.185. The van der Waals surface area contributed by atoms with Gasteiger partial charge in [0, 0.05) is 10.6 Å². The number of ether oxygens (including phenoxy) is 2. The molecule has 0 unspecified atom stereocenters. The monoisotopic (exact) mass is 571 g/mol. The van der Waals surface area contributed by atoms with E-state index in [1.807, 2.05) is 68.4 Å². The number of carbonyl (C=O) groups is 2. The topological polar surface area (TPSA) is 55.8 Å². The minimum Gasteiger partial charge on any atom is -0.490 e. The van der Waals surface area contributed by atoms with Gasteiger partial charge in [0.15, 0.2) is 11.5 Å². The predicted octanol–water partition coefficient (Wildman–Crippen LogP) is 7.63. The number of imide groups is 1. The normalized spacial score (nSPS) is 14.6. The van der Waals surface area contributed by atoms with Gasteiger partial charge in [-0.05, 0) is 76.9 Å². The molecule has 0 bridgehead atoms. The van der Waals surface area contributed by atoms with Crippen LogP contribution in [0.25, 0.3) is 6.08 Å². The minimum atomic E-state index is -0.311. The number of hydrogen-bond donors (Lipinski definition) is 0. The molecule has 1 heterocycles. The van der Waals surface area contributed by atoms with Crippen molar-refractivity contribution in [1.82, 2.24) is 4.90 Å². The van der Waals surface area contributed by atoms with Crippen LogP contribution in [-0.4, -0.2) is 22.7 Å². The third-order valence-electron chi connectivity index (χ3n) is 5.26. The van der Waals surface area contributed by atoms with Crippen molar-refractivity contribution in [3.63, 3.8) is 0 Å². The Balaban J connectivity index is 1.56. The van der Waals surface area contributed by atoms with Gasteiger partial charge in [0.2, 0.25) is 0 Å². The zero-order chi connectivity index (χ0) is 24.9. The van der Waals surface area contributed by atoms with Crippen molar-refractivity contribution in [3.05, 3.63) is 97.3 Å². The van der Waals surface area contributed by atoms with E-state index in [1.54, 1.807) is 12.1 Å². The Hall–Kier alpha value is -2.74. The lowest BCUT2D eigenvalue weighted by molar-refractivity contribution is -0.123. The van der Waals surface area contributed by atoms with Crippen LogP contribution in [0, 0.1) is 6.92 Å². The summed E-state index contributed by atoms with van der Waals surface area (Å²) in [4.78, 5) is 27.2. The molecule has 0 N–H and O–H groups in total. The number of carbonyl (C=O) groups excluding carboxylic acids is 2. The maximum Gasteiger partial charge on any atom is 0.293 e. The van der Waals surface area contributed by atoms with Crippen molar-refractivity contribution in [2.24, 2.45) is 0 Å². The first-order chi connectivity index (χ1) is 16.9. The summed E-state index contributed by atoms with van der Waals surface area (Å²) < 4.78 is 12.5. The number of amides is 2. The first-order valence-electron chi connectivity index (χ1n) is 11.0. The van der Waals surface area contributed by atoms with E-state index in [0.29, 0.717) is 38.1 Å².